The van der Waals surface area contributed by atoms with Crippen LogP contribution in [0.3, 0.4) is 0 Å². The number of Topliss-reactive ketones (excluding diaryl/α,β-unsaturated/α-hetero) is 1. The minimum Gasteiger partial charge on any atom is -0.302 e. The molecule has 2 nitrogen and oxygen atoms in total. The van der Waals surface area contributed by atoms with E-state index in [1.54, 1.807) is 6.92 Å². The van der Waals surface area contributed by atoms with Gasteiger partial charge in [-0.25, -0.2) is 0 Å². The van der Waals surface area contributed by atoms with E-state index in [4.69, 9.17) is 0 Å². The maximum absolute atomic E-state index is 10.8. The lowest BCUT2D eigenvalue weighted by molar-refractivity contribution is -0.117. The highest BCUT2D eigenvalue weighted by Gasteiger charge is 2.42. The summed E-state index contributed by atoms with van der Waals surface area (Å²) in [7, 11) is 0. The largest absolute Gasteiger partial charge is 0.302 e. The zero-order chi connectivity index (χ0) is 9.31. The molecule has 2 heteroatoms. The molecule has 0 radical (unpaired) electrons. The molecule has 2 aliphatic rings. The van der Waals surface area contributed by atoms with Crippen molar-refractivity contribution < 1.29 is 4.79 Å². The highest BCUT2D eigenvalue weighted by atomic mass is 16.1. The molecule has 0 unspecified atom stereocenters. The van der Waals surface area contributed by atoms with E-state index in [2.05, 4.69) is 4.90 Å². The third-order valence-corrected chi connectivity index (χ3v) is 3.71. The van der Waals surface area contributed by atoms with E-state index in [-0.39, 0.29) is 0 Å². The zero-order valence-corrected chi connectivity index (χ0v) is 8.51. The number of carbonyl (C=O) groups is 1. The van der Waals surface area contributed by atoms with Crippen LogP contribution in [-0.2, 0) is 4.79 Å². The van der Waals surface area contributed by atoms with Crippen molar-refractivity contribution in [3.8, 4) is 0 Å². The van der Waals surface area contributed by atoms with Gasteiger partial charge in [0.2, 0.25) is 0 Å². The highest BCUT2D eigenvalue weighted by Crippen LogP contribution is 2.47. The Balaban J connectivity index is 1.75. The van der Waals surface area contributed by atoms with E-state index in [1.807, 2.05) is 0 Å². The molecule has 0 N–H and O–H groups in total. The normalized spacial score (nSPS) is 26.2. The van der Waals surface area contributed by atoms with Crippen molar-refractivity contribution in [1.82, 2.24) is 4.90 Å². The van der Waals surface area contributed by atoms with Crippen LogP contribution in [0, 0.1) is 5.41 Å². The van der Waals surface area contributed by atoms with Gasteiger partial charge in [-0.3, -0.25) is 4.79 Å². The van der Waals surface area contributed by atoms with Crippen LogP contribution in [0.2, 0.25) is 0 Å². The van der Waals surface area contributed by atoms with Crippen LogP contribution >= 0.6 is 0 Å². The summed E-state index contributed by atoms with van der Waals surface area (Å²) >= 11 is 0. The fraction of sp³-hybridized carbons (Fsp3) is 0.909. The van der Waals surface area contributed by atoms with E-state index in [0.717, 1.165) is 13.0 Å². The maximum Gasteiger partial charge on any atom is 0.131 e. The van der Waals surface area contributed by atoms with Crippen LogP contribution in [0.1, 0.15) is 39.0 Å². The third kappa shape index (κ3) is 1.93. The summed E-state index contributed by atoms with van der Waals surface area (Å²) < 4.78 is 0. The number of nitrogens with zero attached hydrogens (tertiary/aromatic N) is 1. The van der Waals surface area contributed by atoms with Crippen molar-refractivity contribution in [1.29, 1.82) is 0 Å². The lowest BCUT2D eigenvalue weighted by atomic mass is 9.68. The fourth-order valence-electron chi connectivity index (χ4n) is 2.62. The minimum atomic E-state index is 0.328. The van der Waals surface area contributed by atoms with Crippen LogP contribution in [0.25, 0.3) is 0 Å². The summed E-state index contributed by atoms with van der Waals surface area (Å²) in [6, 6.07) is 0. The molecule has 0 atom stereocenters. The molecule has 0 bridgehead atoms. The van der Waals surface area contributed by atoms with Gasteiger partial charge in [-0.05, 0) is 38.1 Å². The third-order valence-electron chi connectivity index (χ3n) is 3.71. The van der Waals surface area contributed by atoms with E-state index >= 15 is 0 Å². The number of hydrogen-bond donors (Lipinski definition) is 0. The van der Waals surface area contributed by atoms with Crippen molar-refractivity contribution in [3.63, 3.8) is 0 Å². The minimum absolute atomic E-state index is 0.328. The molecule has 1 aliphatic carbocycles. The molecule has 0 aromatic heterocycles. The Morgan fingerprint density at radius 2 is 2.15 bits per heavy atom. The summed E-state index contributed by atoms with van der Waals surface area (Å²) in [5, 5.41) is 0. The van der Waals surface area contributed by atoms with Gasteiger partial charge in [-0.2, -0.15) is 0 Å². The molecular weight excluding hydrogens is 162 g/mol. The molecule has 2 fully saturated rings. The molecule has 0 aromatic carbocycles. The van der Waals surface area contributed by atoms with Crippen molar-refractivity contribution >= 4 is 5.78 Å². The van der Waals surface area contributed by atoms with E-state index in [0.29, 0.717) is 11.2 Å². The van der Waals surface area contributed by atoms with Gasteiger partial charge in [0.25, 0.3) is 0 Å². The maximum atomic E-state index is 10.8. The predicted octanol–water partition coefficient (Wildman–Crippen LogP) is 1.84. The van der Waals surface area contributed by atoms with Crippen LogP contribution in [-0.4, -0.2) is 30.3 Å². The van der Waals surface area contributed by atoms with Gasteiger partial charge in [-0.1, -0.05) is 6.42 Å². The topological polar surface area (TPSA) is 20.3 Å². The standard InChI is InChI=1S/C11H19NO/c1-10(13)3-7-12-8-6-11(9-12)4-2-5-11/h2-9H2,1H3. The average molecular weight is 181 g/mol. The monoisotopic (exact) mass is 181 g/mol. The lowest BCUT2D eigenvalue weighted by Crippen LogP contribution is -2.33. The fourth-order valence-corrected chi connectivity index (χ4v) is 2.62. The van der Waals surface area contributed by atoms with Crippen LogP contribution in [0.5, 0.6) is 0 Å². The Labute approximate surface area is 80.3 Å². The summed E-state index contributed by atoms with van der Waals surface area (Å²) in [5.41, 5.74) is 0.691. The first-order valence-corrected chi connectivity index (χ1v) is 5.42. The molecule has 1 saturated heterocycles. The smallest absolute Gasteiger partial charge is 0.131 e. The first-order chi connectivity index (χ1) is 6.20. The molecule has 1 aliphatic heterocycles. The number of hydrogen-bond acceptors (Lipinski definition) is 2. The summed E-state index contributed by atoms with van der Waals surface area (Å²) in [4.78, 5) is 13.3. The van der Waals surface area contributed by atoms with E-state index in [1.165, 1.54) is 38.8 Å². The highest BCUT2D eigenvalue weighted by molar-refractivity contribution is 5.75. The summed E-state index contributed by atoms with van der Waals surface area (Å²) in [5.74, 6) is 0.328. The van der Waals surface area contributed by atoms with Crippen LogP contribution < -0.4 is 0 Å². The lowest BCUT2D eigenvalue weighted by Gasteiger charge is -2.38. The molecule has 0 amide bonds. The molecule has 1 heterocycles. The second-order valence-corrected chi connectivity index (χ2v) is 4.83. The first-order valence-electron chi connectivity index (χ1n) is 5.42. The van der Waals surface area contributed by atoms with Gasteiger partial charge in [0.05, 0.1) is 0 Å². The zero-order valence-electron chi connectivity index (χ0n) is 8.51. The second-order valence-electron chi connectivity index (χ2n) is 4.83. The molecule has 74 valence electrons. The van der Waals surface area contributed by atoms with Crippen LogP contribution in [0.4, 0.5) is 0 Å². The predicted molar refractivity (Wildman–Crippen MR) is 52.6 cm³/mol. The van der Waals surface area contributed by atoms with Gasteiger partial charge in [0, 0.05) is 19.5 Å². The molecule has 13 heavy (non-hydrogen) atoms. The SMILES string of the molecule is CC(=O)CCN1CCC2(CCC2)C1. The number of carbonyl (C=O) groups excluding carboxylic acids is 1. The number of rotatable bonds is 3. The number of likely N-dealkylation sites (tertiary alicyclic amines) is 1. The first kappa shape index (κ1) is 9.20. The Hall–Kier alpha value is -0.370. The Morgan fingerprint density at radius 1 is 1.38 bits per heavy atom. The van der Waals surface area contributed by atoms with E-state index in [9.17, 15) is 4.79 Å². The van der Waals surface area contributed by atoms with Crippen molar-refractivity contribution in [2.75, 3.05) is 19.6 Å². The van der Waals surface area contributed by atoms with Gasteiger partial charge in [-0.15, -0.1) is 0 Å². The summed E-state index contributed by atoms with van der Waals surface area (Å²) in [6.45, 7) is 5.18. The number of ketones is 1. The van der Waals surface area contributed by atoms with Crippen molar-refractivity contribution in [2.24, 2.45) is 5.41 Å². The van der Waals surface area contributed by atoms with Crippen LogP contribution in [0.15, 0.2) is 0 Å². The molecular formula is C11H19NO. The van der Waals surface area contributed by atoms with Crippen molar-refractivity contribution in [3.05, 3.63) is 0 Å². The quantitative estimate of drug-likeness (QED) is 0.662. The van der Waals surface area contributed by atoms with Gasteiger partial charge < -0.3 is 4.90 Å². The second kappa shape index (κ2) is 3.41. The van der Waals surface area contributed by atoms with Crippen molar-refractivity contribution in [2.45, 2.75) is 39.0 Å². The Morgan fingerprint density at radius 3 is 2.62 bits per heavy atom. The van der Waals surface area contributed by atoms with Gasteiger partial charge >= 0.3 is 0 Å². The molecule has 0 aromatic rings. The molecule has 1 spiro atoms. The molecule has 1 saturated carbocycles. The van der Waals surface area contributed by atoms with E-state index < -0.39 is 0 Å². The summed E-state index contributed by atoms with van der Waals surface area (Å²) in [6.07, 6.45) is 6.43. The Bertz CT molecular complexity index is 208. The Kier molecular flexibility index (Phi) is 2.41. The van der Waals surface area contributed by atoms with Gasteiger partial charge in [0.1, 0.15) is 5.78 Å². The molecule has 2 rings (SSSR count). The van der Waals surface area contributed by atoms with Gasteiger partial charge in [0.15, 0.2) is 0 Å². The average Bonchev–Trinajstić information content (AvgIpc) is 2.43.